The molecule has 1 atom stereocenters. The third-order valence-electron chi connectivity index (χ3n) is 3.68. The maximum atomic E-state index is 11.9. The molecule has 0 saturated carbocycles. The smallest absolute Gasteiger partial charge is 0.223 e. The number of hydrogen-bond donors (Lipinski definition) is 2. The zero-order valence-electron chi connectivity index (χ0n) is 13.1. The minimum absolute atomic E-state index is 0. The monoisotopic (exact) mass is 341 g/mol. The maximum absolute atomic E-state index is 11.9. The number of ether oxygens (including phenoxy) is 1. The van der Waals surface area contributed by atoms with Crippen LogP contribution in [-0.4, -0.2) is 49.6 Å². The van der Waals surface area contributed by atoms with Gasteiger partial charge in [-0.3, -0.25) is 9.59 Å². The van der Waals surface area contributed by atoms with E-state index < -0.39 is 0 Å². The molecule has 1 heterocycles. The quantitative estimate of drug-likeness (QED) is 0.804. The van der Waals surface area contributed by atoms with Crippen LogP contribution in [0.1, 0.15) is 24.4 Å². The van der Waals surface area contributed by atoms with Gasteiger partial charge in [-0.05, 0) is 5.56 Å². The predicted molar refractivity (Wildman–Crippen MR) is 90.3 cm³/mol. The largest absolute Gasteiger partial charge is 0.378 e. The molecule has 1 aliphatic heterocycles. The van der Waals surface area contributed by atoms with E-state index in [1.54, 1.807) is 4.90 Å². The Morgan fingerprint density at radius 3 is 2.48 bits per heavy atom. The van der Waals surface area contributed by atoms with Crippen molar-refractivity contribution in [2.24, 2.45) is 5.73 Å². The number of hydrogen-bond acceptors (Lipinski definition) is 4. The molecule has 0 spiro atoms. The van der Waals surface area contributed by atoms with Gasteiger partial charge in [0.1, 0.15) is 0 Å². The van der Waals surface area contributed by atoms with Crippen molar-refractivity contribution in [1.29, 1.82) is 0 Å². The first kappa shape index (κ1) is 19.4. The average molecular weight is 342 g/mol. The van der Waals surface area contributed by atoms with Crippen LogP contribution in [0.15, 0.2) is 30.3 Å². The van der Waals surface area contributed by atoms with Gasteiger partial charge in [0.2, 0.25) is 11.8 Å². The lowest BCUT2D eigenvalue weighted by atomic mass is 10.1. The second-order valence-corrected chi connectivity index (χ2v) is 5.31. The summed E-state index contributed by atoms with van der Waals surface area (Å²) in [4.78, 5) is 25.5. The van der Waals surface area contributed by atoms with Crippen LogP contribution in [0.5, 0.6) is 0 Å². The van der Waals surface area contributed by atoms with Crippen molar-refractivity contribution in [2.45, 2.75) is 18.9 Å². The highest BCUT2D eigenvalue weighted by atomic mass is 35.5. The van der Waals surface area contributed by atoms with Crippen LogP contribution in [-0.2, 0) is 14.3 Å². The molecule has 1 fully saturated rings. The van der Waals surface area contributed by atoms with Crippen molar-refractivity contribution >= 4 is 24.2 Å². The zero-order chi connectivity index (χ0) is 15.8. The van der Waals surface area contributed by atoms with E-state index in [1.165, 1.54) is 0 Å². The second kappa shape index (κ2) is 10.2. The first-order valence-corrected chi connectivity index (χ1v) is 7.59. The molecule has 0 aliphatic carbocycles. The van der Waals surface area contributed by atoms with Crippen LogP contribution in [0.25, 0.3) is 0 Å². The van der Waals surface area contributed by atoms with E-state index in [9.17, 15) is 9.59 Å². The first-order valence-electron chi connectivity index (χ1n) is 7.59. The highest BCUT2D eigenvalue weighted by Crippen LogP contribution is 2.08. The van der Waals surface area contributed by atoms with Crippen molar-refractivity contribution in [2.75, 3.05) is 32.8 Å². The third-order valence-corrected chi connectivity index (χ3v) is 3.68. The Morgan fingerprint density at radius 2 is 1.83 bits per heavy atom. The van der Waals surface area contributed by atoms with Crippen molar-refractivity contribution < 1.29 is 14.3 Å². The zero-order valence-corrected chi connectivity index (χ0v) is 13.9. The number of rotatable bonds is 6. The van der Waals surface area contributed by atoms with Gasteiger partial charge in [-0.2, -0.15) is 0 Å². The topological polar surface area (TPSA) is 84.7 Å². The van der Waals surface area contributed by atoms with E-state index in [1.807, 2.05) is 30.3 Å². The summed E-state index contributed by atoms with van der Waals surface area (Å²) in [5, 5.41) is 2.78. The second-order valence-electron chi connectivity index (χ2n) is 5.31. The molecule has 2 amide bonds. The summed E-state index contributed by atoms with van der Waals surface area (Å²) in [6, 6.07) is 9.37. The molecule has 7 heteroatoms. The predicted octanol–water partition coefficient (Wildman–Crippen LogP) is 0.863. The number of benzene rings is 1. The normalized spacial score (nSPS) is 15.4. The van der Waals surface area contributed by atoms with E-state index in [2.05, 4.69) is 5.32 Å². The Hall–Kier alpha value is -1.63. The number of nitrogens with zero attached hydrogens (tertiary/aromatic N) is 1. The van der Waals surface area contributed by atoms with Gasteiger partial charge in [-0.1, -0.05) is 30.3 Å². The van der Waals surface area contributed by atoms with Crippen LogP contribution in [0, 0.1) is 0 Å². The Kier molecular flexibility index (Phi) is 8.61. The summed E-state index contributed by atoms with van der Waals surface area (Å²) in [5.74, 6) is -0.140. The van der Waals surface area contributed by atoms with Gasteiger partial charge in [0.15, 0.2) is 0 Å². The molecule has 1 aromatic carbocycles. The first-order chi connectivity index (χ1) is 10.7. The van der Waals surface area contributed by atoms with E-state index in [4.69, 9.17) is 10.5 Å². The molecule has 0 aromatic heterocycles. The summed E-state index contributed by atoms with van der Waals surface area (Å²) in [6.45, 7) is 2.74. The fraction of sp³-hybridized carbons (Fsp3) is 0.500. The standard InChI is InChI=1S/C16H23N3O3.ClH/c17-14(13-4-2-1-3-5-13)12-18-15(20)6-7-16(21)19-8-10-22-11-9-19;/h1-5,14H,6-12,17H2,(H,18,20);1H. The van der Waals surface area contributed by atoms with Crippen molar-refractivity contribution in [1.82, 2.24) is 10.2 Å². The molecule has 2 rings (SSSR count). The number of nitrogens with one attached hydrogen (secondary N) is 1. The Bertz CT molecular complexity index is 493. The molecule has 1 unspecified atom stereocenters. The molecule has 6 nitrogen and oxygen atoms in total. The molecule has 1 aliphatic rings. The van der Waals surface area contributed by atoms with E-state index in [0.717, 1.165) is 5.56 Å². The van der Waals surface area contributed by atoms with Gasteiger partial charge in [0, 0.05) is 38.5 Å². The van der Waals surface area contributed by atoms with Crippen LogP contribution >= 0.6 is 12.4 Å². The fourth-order valence-corrected chi connectivity index (χ4v) is 2.32. The summed E-state index contributed by atoms with van der Waals surface area (Å²) in [6.07, 6.45) is 0.421. The molecule has 128 valence electrons. The van der Waals surface area contributed by atoms with Gasteiger partial charge in [-0.25, -0.2) is 0 Å². The lowest BCUT2D eigenvalue weighted by Crippen LogP contribution is -2.41. The average Bonchev–Trinajstić information content (AvgIpc) is 2.59. The Labute approximate surface area is 142 Å². The minimum atomic E-state index is -0.236. The van der Waals surface area contributed by atoms with E-state index in [-0.39, 0.29) is 43.1 Å². The molecule has 1 saturated heterocycles. The number of carbonyl (C=O) groups excluding carboxylic acids is 2. The minimum Gasteiger partial charge on any atom is -0.378 e. The van der Waals surface area contributed by atoms with E-state index >= 15 is 0 Å². The highest BCUT2D eigenvalue weighted by Gasteiger charge is 2.17. The van der Waals surface area contributed by atoms with Crippen molar-refractivity contribution in [3.63, 3.8) is 0 Å². The molecular formula is C16H24ClN3O3. The van der Waals surface area contributed by atoms with Crippen molar-refractivity contribution in [3.8, 4) is 0 Å². The molecule has 3 N–H and O–H groups in total. The number of morpholine rings is 1. The molecule has 0 bridgehead atoms. The lowest BCUT2D eigenvalue weighted by Gasteiger charge is -2.26. The lowest BCUT2D eigenvalue weighted by molar-refractivity contribution is -0.137. The molecule has 23 heavy (non-hydrogen) atoms. The maximum Gasteiger partial charge on any atom is 0.223 e. The van der Waals surface area contributed by atoms with Crippen LogP contribution in [0.2, 0.25) is 0 Å². The van der Waals surface area contributed by atoms with Gasteiger partial charge in [-0.15, -0.1) is 12.4 Å². The summed E-state index contributed by atoms with van der Waals surface area (Å²) in [7, 11) is 0. The fourth-order valence-electron chi connectivity index (χ4n) is 2.32. The number of amides is 2. The molecular weight excluding hydrogens is 318 g/mol. The van der Waals surface area contributed by atoms with Gasteiger partial charge in [0.25, 0.3) is 0 Å². The highest BCUT2D eigenvalue weighted by molar-refractivity contribution is 5.85. The van der Waals surface area contributed by atoms with Crippen LogP contribution < -0.4 is 11.1 Å². The van der Waals surface area contributed by atoms with Crippen molar-refractivity contribution in [3.05, 3.63) is 35.9 Å². The Balaban J connectivity index is 0.00000264. The summed E-state index contributed by atoms with van der Waals surface area (Å²) >= 11 is 0. The van der Waals surface area contributed by atoms with Crippen LogP contribution in [0.3, 0.4) is 0 Å². The summed E-state index contributed by atoms with van der Waals surface area (Å²) in [5.41, 5.74) is 6.99. The molecule has 1 aromatic rings. The third kappa shape index (κ3) is 6.56. The van der Waals surface area contributed by atoms with E-state index in [0.29, 0.717) is 32.8 Å². The number of halogens is 1. The van der Waals surface area contributed by atoms with Gasteiger partial charge < -0.3 is 20.7 Å². The number of carbonyl (C=O) groups is 2. The SMILES string of the molecule is Cl.NC(CNC(=O)CCC(=O)N1CCOCC1)c1ccccc1. The number of nitrogens with two attached hydrogens (primary N) is 1. The summed E-state index contributed by atoms with van der Waals surface area (Å²) < 4.78 is 5.20. The molecule has 0 radical (unpaired) electrons. The van der Waals surface area contributed by atoms with Gasteiger partial charge >= 0.3 is 0 Å². The van der Waals surface area contributed by atoms with Gasteiger partial charge in [0.05, 0.1) is 13.2 Å². The Morgan fingerprint density at radius 1 is 1.17 bits per heavy atom. The van der Waals surface area contributed by atoms with Crippen LogP contribution in [0.4, 0.5) is 0 Å².